The van der Waals surface area contributed by atoms with Gasteiger partial charge in [-0.15, -0.1) is 0 Å². The van der Waals surface area contributed by atoms with E-state index in [0.29, 0.717) is 15.6 Å². The molecule has 1 rings (SSSR count). The second-order valence-electron chi connectivity index (χ2n) is 4.25. The maximum atomic E-state index is 11.8. The van der Waals surface area contributed by atoms with Crippen LogP contribution in [0, 0.1) is 0 Å². The summed E-state index contributed by atoms with van der Waals surface area (Å²) in [6, 6.07) is 4.72. The smallest absolute Gasteiger partial charge is 0.340 e. The maximum absolute atomic E-state index is 11.8. The summed E-state index contributed by atoms with van der Waals surface area (Å²) in [7, 11) is 4.00. The van der Waals surface area contributed by atoms with Crippen molar-refractivity contribution in [1.82, 2.24) is 0 Å². The van der Waals surface area contributed by atoms with Gasteiger partial charge in [-0.05, 0) is 25.1 Å². The Morgan fingerprint density at radius 2 is 2.00 bits per heavy atom. The van der Waals surface area contributed by atoms with E-state index < -0.39 is 5.97 Å². The molecule has 0 saturated carbocycles. The monoisotopic (exact) mass is 311 g/mol. The second kappa shape index (κ2) is 7.85. The molecule has 0 amide bonds. The molecular formula is C12H16Cl3NO2. The van der Waals surface area contributed by atoms with Gasteiger partial charge in [0.25, 0.3) is 0 Å². The third-order valence-electron chi connectivity index (χ3n) is 2.15. The third-order valence-corrected chi connectivity index (χ3v) is 2.70. The summed E-state index contributed by atoms with van der Waals surface area (Å²) < 4.78 is 5.28. The van der Waals surface area contributed by atoms with E-state index in [-0.39, 0.29) is 18.5 Å². The number of halogens is 3. The third kappa shape index (κ3) is 5.44. The van der Waals surface area contributed by atoms with E-state index in [1.54, 1.807) is 12.1 Å². The largest absolute Gasteiger partial charge is 1.00 e. The fourth-order valence-corrected chi connectivity index (χ4v) is 2.00. The summed E-state index contributed by atoms with van der Waals surface area (Å²) in [6.45, 7) is 2.60. The highest BCUT2D eigenvalue weighted by atomic mass is 35.5. The highest BCUT2D eigenvalue weighted by Crippen LogP contribution is 2.21. The quantitative estimate of drug-likeness (QED) is 0.700. The molecule has 0 aliphatic rings. The van der Waals surface area contributed by atoms with Gasteiger partial charge in [0.1, 0.15) is 12.6 Å². The molecule has 1 N–H and O–H groups in total. The Hall–Kier alpha value is -0.480. The molecule has 1 aromatic rings. The van der Waals surface area contributed by atoms with Crippen molar-refractivity contribution in [3.8, 4) is 0 Å². The van der Waals surface area contributed by atoms with Crippen molar-refractivity contribution in [2.45, 2.75) is 13.0 Å². The van der Waals surface area contributed by atoms with Gasteiger partial charge in [0.05, 0.1) is 24.7 Å². The summed E-state index contributed by atoms with van der Waals surface area (Å²) >= 11 is 11.7. The molecular weight excluding hydrogens is 296 g/mol. The Labute approximate surface area is 123 Å². The lowest BCUT2D eigenvalue weighted by atomic mass is 10.2. The minimum absolute atomic E-state index is 0. The van der Waals surface area contributed by atoms with E-state index >= 15 is 0 Å². The lowest BCUT2D eigenvalue weighted by molar-refractivity contribution is -0.861. The van der Waals surface area contributed by atoms with Crippen molar-refractivity contribution in [2.75, 3.05) is 20.6 Å². The molecule has 0 heterocycles. The van der Waals surface area contributed by atoms with Crippen LogP contribution in [0.3, 0.4) is 0 Å². The summed E-state index contributed by atoms with van der Waals surface area (Å²) in [5.41, 5.74) is 0.344. The minimum atomic E-state index is -0.416. The number of hydrogen-bond acceptors (Lipinski definition) is 2. The average Bonchev–Trinajstić information content (AvgIpc) is 2.15. The first-order chi connectivity index (χ1) is 7.90. The van der Waals surface area contributed by atoms with Gasteiger partial charge in [-0.3, -0.25) is 0 Å². The molecule has 0 saturated heterocycles. The summed E-state index contributed by atoms with van der Waals surface area (Å²) in [5, 5.41) is 0.809. The molecule has 102 valence electrons. The van der Waals surface area contributed by atoms with Gasteiger partial charge in [-0.25, -0.2) is 4.79 Å². The summed E-state index contributed by atoms with van der Waals surface area (Å²) in [4.78, 5) is 13.0. The zero-order chi connectivity index (χ0) is 13.0. The van der Waals surface area contributed by atoms with Gasteiger partial charge >= 0.3 is 5.97 Å². The molecule has 0 fully saturated rings. The first-order valence-electron chi connectivity index (χ1n) is 5.35. The van der Waals surface area contributed by atoms with E-state index in [0.717, 1.165) is 6.54 Å². The van der Waals surface area contributed by atoms with Crippen LogP contribution < -0.4 is 17.3 Å². The van der Waals surface area contributed by atoms with Crippen molar-refractivity contribution < 1.29 is 26.8 Å². The predicted octanol–water partition coefficient (Wildman–Crippen LogP) is -1.31. The summed E-state index contributed by atoms with van der Waals surface area (Å²) in [6.07, 6.45) is -0.153. The molecule has 1 aromatic carbocycles. The SMILES string of the molecule is CC(C[NH+](C)C)OC(=O)c1ccc(Cl)cc1Cl.[Cl-]. The normalized spacial score (nSPS) is 11.9. The van der Waals surface area contributed by atoms with Crippen LogP contribution in [0.25, 0.3) is 0 Å². The fourth-order valence-electron chi connectivity index (χ4n) is 1.52. The van der Waals surface area contributed by atoms with Crippen molar-refractivity contribution in [3.63, 3.8) is 0 Å². The number of esters is 1. The lowest BCUT2D eigenvalue weighted by Gasteiger charge is -2.15. The number of nitrogens with one attached hydrogen (secondary N) is 1. The first kappa shape index (κ1) is 17.5. The van der Waals surface area contributed by atoms with Gasteiger partial charge < -0.3 is 22.0 Å². The number of hydrogen-bond donors (Lipinski definition) is 1. The minimum Gasteiger partial charge on any atom is -1.00 e. The van der Waals surface area contributed by atoms with Crippen LogP contribution in [-0.4, -0.2) is 32.7 Å². The fraction of sp³-hybridized carbons (Fsp3) is 0.417. The van der Waals surface area contributed by atoms with Crippen LogP contribution in [-0.2, 0) is 4.74 Å². The highest BCUT2D eigenvalue weighted by molar-refractivity contribution is 6.36. The van der Waals surface area contributed by atoms with Crippen LogP contribution in [0.5, 0.6) is 0 Å². The van der Waals surface area contributed by atoms with Gasteiger partial charge in [0.2, 0.25) is 0 Å². The number of rotatable bonds is 4. The Bertz CT molecular complexity index is 410. The van der Waals surface area contributed by atoms with E-state index in [9.17, 15) is 4.79 Å². The van der Waals surface area contributed by atoms with Crippen molar-refractivity contribution in [1.29, 1.82) is 0 Å². The molecule has 0 aliphatic heterocycles. The molecule has 0 aromatic heterocycles. The molecule has 3 nitrogen and oxygen atoms in total. The van der Waals surface area contributed by atoms with Crippen molar-refractivity contribution in [2.24, 2.45) is 0 Å². The Morgan fingerprint density at radius 3 is 2.50 bits per heavy atom. The van der Waals surface area contributed by atoms with E-state index in [1.165, 1.54) is 11.0 Å². The topological polar surface area (TPSA) is 30.7 Å². The van der Waals surface area contributed by atoms with E-state index in [4.69, 9.17) is 27.9 Å². The number of carbonyl (C=O) groups is 1. The standard InChI is InChI=1S/C12H15Cl2NO2.ClH/c1-8(7-15(2)3)17-12(16)10-5-4-9(13)6-11(10)14;/h4-6,8H,7H2,1-3H3;1H. The zero-order valence-electron chi connectivity index (χ0n) is 10.5. The molecule has 18 heavy (non-hydrogen) atoms. The summed E-state index contributed by atoms with van der Waals surface area (Å²) in [5.74, 6) is -0.416. The Morgan fingerprint density at radius 1 is 1.39 bits per heavy atom. The predicted molar refractivity (Wildman–Crippen MR) is 69.0 cm³/mol. The lowest BCUT2D eigenvalue weighted by Crippen LogP contribution is -3.06. The Balaban J connectivity index is 0.00000289. The van der Waals surface area contributed by atoms with Gasteiger partial charge in [0.15, 0.2) is 0 Å². The highest BCUT2D eigenvalue weighted by Gasteiger charge is 2.16. The van der Waals surface area contributed by atoms with Crippen LogP contribution in [0.2, 0.25) is 10.0 Å². The Kier molecular flexibility index (Phi) is 7.64. The number of quaternary nitrogens is 1. The van der Waals surface area contributed by atoms with Crippen LogP contribution >= 0.6 is 23.2 Å². The van der Waals surface area contributed by atoms with E-state index in [1.807, 2.05) is 21.0 Å². The molecule has 0 spiro atoms. The number of likely N-dealkylation sites (N-methyl/N-ethyl adjacent to an activating group) is 1. The number of ether oxygens (including phenoxy) is 1. The van der Waals surface area contributed by atoms with Gasteiger partial charge in [-0.2, -0.15) is 0 Å². The van der Waals surface area contributed by atoms with Crippen LogP contribution in [0.4, 0.5) is 0 Å². The molecule has 0 aliphatic carbocycles. The van der Waals surface area contributed by atoms with Gasteiger partial charge in [0, 0.05) is 5.02 Å². The molecule has 0 radical (unpaired) electrons. The zero-order valence-corrected chi connectivity index (χ0v) is 12.7. The molecule has 6 heteroatoms. The molecule has 1 unspecified atom stereocenters. The number of benzene rings is 1. The molecule has 0 bridgehead atoms. The van der Waals surface area contributed by atoms with Crippen LogP contribution in [0.15, 0.2) is 18.2 Å². The average molecular weight is 313 g/mol. The number of carbonyl (C=O) groups excluding carboxylic acids is 1. The van der Waals surface area contributed by atoms with Crippen LogP contribution in [0.1, 0.15) is 17.3 Å². The van der Waals surface area contributed by atoms with Crippen molar-refractivity contribution in [3.05, 3.63) is 33.8 Å². The second-order valence-corrected chi connectivity index (χ2v) is 5.09. The van der Waals surface area contributed by atoms with E-state index in [2.05, 4.69) is 0 Å². The van der Waals surface area contributed by atoms with Gasteiger partial charge in [-0.1, -0.05) is 23.2 Å². The maximum Gasteiger partial charge on any atom is 0.340 e. The van der Waals surface area contributed by atoms with Crippen molar-refractivity contribution >= 4 is 29.2 Å². The first-order valence-corrected chi connectivity index (χ1v) is 6.11. The molecule has 1 atom stereocenters.